The highest BCUT2D eigenvalue weighted by Crippen LogP contribution is 2.20. The summed E-state index contributed by atoms with van der Waals surface area (Å²) >= 11 is 0. The molecule has 1 aromatic carbocycles. The summed E-state index contributed by atoms with van der Waals surface area (Å²) in [4.78, 5) is 11.0. The molecular weight excluding hydrogens is 224 g/mol. The SMILES string of the molecule is COCCOCc1ccc(OC)c(C(=O)O)c1. The van der Waals surface area contributed by atoms with Crippen molar-refractivity contribution in [3.63, 3.8) is 0 Å². The summed E-state index contributed by atoms with van der Waals surface area (Å²) in [5.74, 6) is -0.668. The summed E-state index contributed by atoms with van der Waals surface area (Å²) < 4.78 is 15.1. The van der Waals surface area contributed by atoms with E-state index in [4.69, 9.17) is 19.3 Å². The molecule has 0 saturated heterocycles. The minimum atomic E-state index is -1.01. The summed E-state index contributed by atoms with van der Waals surface area (Å²) in [5.41, 5.74) is 0.930. The van der Waals surface area contributed by atoms with Crippen LogP contribution in [0.2, 0.25) is 0 Å². The minimum absolute atomic E-state index is 0.139. The number of hydrogen-bond donors (Lipinski definition) is 1. The Bertz CT molecular complexity index is 375. The summed E-state index contributed by atoms with van der Waals surface area (Å²) in [6, 6.07) is 4.95. The lowest BCUT2D eigenvalue weighted by Crippen LogP contribution is -2.04. The molecule has 94 valence electrons. The molecule has 5 nitrogen and oxygen atoms in total. The van der Waals surface area contributed by atoms with Crippen LogP contribution in [0.1, 0.15) is 15.9 Å². The molecule has 5 heteroatoms. The zero-order valence-electron chi connectivity index (χ0n) is 9.93. The number of carboxylic acid groups (broad SMARTS) is 1. The van der Waals surface area contributed by atoms with Gasteiger partial charge in [-0.2, -0.15) is 0 Å². The number of benzene rings is 1. The second-order valence-electron chi connectivity index (χ2n) is 3.39. The number of aromatic carboxylic acids is 1. The van der Waals surface area contributed by atoms with Crippen molar-refractivity contribution >= 4 is 5.97 Å². The maximum Gasteiger partial charge on any atom is 0.339 e. The van der Waals surface area contributed by atoms with Crippen molar-refractivity contribution in [3.8, 4) is 5.75 Å². The lowest BCUT2D eigenvalue weighted by atomic mass is 10.1. The number of rotatable bonds is 7. The van der Waals surface area contributed by atoms with Crippen LogP contribution in [0, 0.1) is 0 Å². The van der Waals surface area contributed by atoms with Crippen molar-refractivity contribution < 1.29 is 24.1 Å². The molecule has 1 N–H and O–H groups in total. The van der Waals surface area contributed by atoms with E-state index in [0.29, 0.717) is 25.6 Å². The van der Waals surface area contributed by atoms with Crippen LogP contribution in [0.15, 0.2) is 18.2 Å². The van der Waals surface area contributed by atoms with E-state index in [-0.39, 0.29) is 5.56 Å². The molecule has 1 rings (SSSR count). The molecule has 0 aromatic heterocycles. The predicted molar refractivity (Wildman–Crippen MR) is 61.5 cm³/mol. The number of hydrogen-bond acceptors (Lipinski definition) is 4. The zero-order chi connectivity index (χ0) is 12.7. The second-order valence-corrected chi connectivity index (χ2v) is 3.39. The molecule has 0 unspecified atom stereocenters. The molecule has 0 aliphatic carbocycles. The molecule has 0 saturated carbocycles. The first kappa shape index (κ1) is 13.5. The van der Waals surface area contributed by atoms with Crippen molar-refractivity contribution in [2.24, 2.45) is 0 Å². The first-order valence-electron chi connectivity index (χ1n) is 5.16. The van der Waals surface area contributed by atoms with Gasteiger partial charge in [0.25, 0.3) is 0 Å². The lowest BCUT2D eigenvalue weighted by molar-refractivity contribution is 0.0613. The van der Waals surface area contributed by atoms with Crippen LogP contribution >= 0.6 is 0 Å². The van der Waals surface area contributed by atoms with Crippen molar-refractivity contribution in [3.05, 3.63) is 29.3 Å². The Morgan fingerprint density at radius 3 is 2.65 bits per heavy atom. The van der Waals surface area contributed by atoms with Crippen molar-refractivity contribution in [2.45, 2.75) is 6.61 Å². The summed E-state index contributed by atoms with van der Waals surface area (Å²) in [5, 5.41) is 8.99. The predicted octanol–water partition coefficient (Wildman–Crippen LogP) is 1.56. The van der Waals surface area contributed by atoms with Gasteiger partial charge in [0.2, 0.25) is 0 Å². The Kier molecular flexibility index (Phi) is 5.45. The zero-order valence-corrected chi connectivity index (χ0v) is 9.93. The van der Waals surface area contributed by atoms with Gasteiger partial charge in [-0.25, -0.2) is 4.79 Å². The Labute approximate surface area is 99.9 Å². The number of carboxylic acids is 1. The Morgan fingerprint density at radius 2 is 2.06 bits per heavy atom. The first-order valence-corrected chi connectivity index (χ1v) is 5.16. The van der Waals surface area contributed by atoms with Crippen LogP contribution in [-0.2, 0) is 16.1 Å². The topological polar surface area (TPSA) is 65.0 Å². The van der Waals surface area contributed by atoms with Gasteiger partial charge in [0, 0.05) is 7.11 Å². The average Bonchev–Trinajstić information content (AvgIpc) is 2.34. The Morgan fingerprint density at radius 1 is 1.29 bits per heavy atom. The highest BCUT2D eigenvalue weighted by atomic mass is 16.5. The molecule has 0 aliphatic heterocycles. The summed E-state index contributed by atoms with van der Waals surface area (Å²) in [7, 11) is 3.04. The van der Waals surface area contributed by atoms with E-state index in [2.05, 4.69) is 0 Å². The van der Waals surface area contributed by atoms with E-state index < -0.39 is 5.97 Å². The largest absolute Gasteiger partial charge is 0.496 e. The fourth-order valence-electron chi connectivity index (χ4n) is 1.34. The molecule has 0 aliphatic rings. The smallest absolute Gasteiger partial charge is 0.339 e. The highest BCUT2D eigenvalue weighted by Gasteiger charge is 2.11. The molecule has 0 amide bonds. The molecule has 0 fully saturated rings. The molecule has 0 radical (unpaired) electrons. The third-order valence-electron chi connectivity index (χ3n) is 2.19. The highest BCUT2D eigenvalue weighted by molar-refractivity contribution is 5.91. The van der Waals surface area contributed by atoms with Gasteiger partial charge in [0.15, 0.2) is 0 Å². The maximum absolute atomic E-state index is 11.0. The first-order chi connectivity index (χ1) is 8.19. The third kappa shape index (κ3) is 4.05. The van der Waals surface area contributed by atoms with Crippen LogP contribution in [0.25, 0.3) is 0 Å². The second kappa shape index (κ2) is 6.88. The van der Waals surface area contributed by atoms with Crippen LogP contribution in [0.5, 0.6) is 5.75 Å². The standard InChI is InChI=1S/C12H16O5/c1-15-5-6-17-8-9-3-4-11(16-2)10(7-9)12(13)14/h3-4,7H,5-6,8H2,1-2H3,(H,13,14). The Hall–Kier alpha value is -1.59. The Balaban J connectivity index is 2.68. The van der Waals surface area contributed by atoms with Gasteiger partial charge in [-0.3, -0.25) is 0 Å². The van der Waals surface area contributed by atoms with Gasteiger partial charge in [-0.05, 0) is 17.7 Å². The van der Waals surface area contributed by atoms with Crippen molar-refractivity contribution in [1.82, 2.24) is 0 Å². The van der Waals surface area contributed by atoms with E-state index in [1.54, 1.807) is 25.3 Å². The van der Waals surface area contributed by atoms with Crippen LogP contribution < -0.4 is 4.74 Å². The molecule has 0 bridgehead atoms. The van der Waals surface area contributed by atoms with Gasteiger partial charge >= 0.3 is 5.97 Å². The molecule has 17 heavy (non-hydrogen) atoms. The van der Waals surface area contributed by atoms with Gasteiger partial charge < -0.3 is 19.3 Å². The van der Waals surface area contributed by atoms with Crippen molar-refractivity contribution in [2.75, 3.05) is 27.4 Å². The van der Waals surface area contributed by atoms with E-state index in [9.17, 15) is 4.79 Å². The van der Waals surface area contributed by atoms with Gasteiger partial charge in [0.05, 0.1) is 26.9 Å². The fourth-order valence-corrected chi connectivity index (χ4v) is 1.34. The molecule has 0 heterocycles. The van der Waals surface area contributed by atoms with E-state index in [0.717, 1.165) is 5.56 Å². The summed E-state index contributed by atoms with van der Waals surface area (Å²) in [6.45, 7) is 1.35. The van der Waals surface area contributed by atoms with Gasteiger partial charge in [-0.1, -0.05) is 6.07 Å². The van der Waals surface area contributed by atoms with Gasteiger partial charge in [-0.15, -0.1) is 0 Å². The van der Waals surface area contributed by atoms with Crippen LogP contribution in [0.4, 0.5) is 0 Å². The van der Waals surface area contributed by atoms with Crippen LogP contribution in [-0.4, -0.2) is 38.5 Å². The summed E-state index contributed by atoms with van der Waals surface area (Å²) in [6.07, 6.45) is 0. The van der Waals surface area contributed by atoms with E-state index in [1.807, 2.05) is 0 Å². The third-order valence-corrected chi connectivity index (χ3v) is 2.19. The fraction of sp³-hybridized carbons (Fsp3) is 0.417. The van der Waals surface area contributed by atoms with Gasteiger partial charge in [0.1, 0.15) is 11.3 Å². The maximum atomic E-state index is 11.0. The van der Waals surface area contributed by atoms with Crippen LogP contribution in [0.3, 0.4) is 0 Å². The lowest BCUT2D eigenvalue weighted by Gasteiger charge is -2.08. The number of carbonyl (C=O) groups is 1. The van der Waals surface area contributed by atoms with E-state index >= 15 is 0 Å². The van der Waals surface area contributed by atoms with E-state index in [1.165, 1.54) is 7.11 Å². The molecule has 0 atom stereocenters. The average molecular weight is 240 g/mol. The molecule has 1 aromatic rings. The number of ether oxygens (including phenoxy) is 3. The van der Waals surface area contributed by atoms with Crippen molar-refractivity contribution in [1.29, 1.82) is 0 Å². The minimum Gasteiger partial charge on any atom is -0.496 e. The number of methoxy groups -OCH3 is 2. The molecular formula is C12H16O5. The normalized spacial score (nSPS) is 10.2. The quantitative estimate of drug-likeness (QED) is 0.732. The monoisotopic (exact) mass is 240 g/mol. The molecule has 0 spiro atoms.